The van der Waals surface area contributed by atoms with Gasteiger partial charge in [-0.25, -0.2) is 0 Å². The normalized spacial score (nSPS) is 9.90. The molecule has 0 radical (unpaired) electrons. The summed E-state index contributed by atoms with van der Waals surface area (Å²) in [5.41, 5.74) is 1.61. The molecule has 0 aromatic heterocycles. The van der Waals surface area contributed by atoms with Crippen molar-refractivity contribution < 1.29 is 9.59 Å². The van der Waals surface area contributed by atoms with E-state index in [1.807, 2.05) is 0 Å². The summed E-state index contributed by atoms with van der Waals surface area (Å²) in [5.74, 6) is -0.463. The van der Waals surface area contributed by atoms with E-state index in [0.29, 0.717) is 22.0 Å². The van der Waals surface area contributed by atoms with Crippen molar-refractivity contribution in [1.82, 2.24) is 0 Å². The number of hydrogen-bond acceptors (Lipinski definition) is 2. The summed E-state index contributed by atoms with van der Waals surface area (Å²) in [7, 11) is 0. The summed E-state index contributed by atoms with van der Waals surface area (Å²) in [5, 5.41) is 5.78. The molecule has 0 aliphatic heterocycles. The minimum absolute atomic E-state index is 0.167. The molecule has 0 bridgehead atoms. The summed E-state index contributed by atoms with van der Waals surface area (Å²) < 4.78 is 0. The molecule has 0 aliphatic rings. The van der Waals surface area contributed by atoms with Gasteiger partial charge in [-0.1, -0.05) is 29.8 Å². The van der Waals surface area contributed by atoms with Crippen LogP contribution >= 0.6 is 11.6 Å². The molecule has 0 saturated heterocycles. The molecule has 0 heterocycles. The van der Waals surface area contributed by atoms with Gasteiger partial charge in [-0.05, 0) is 30.3 Å². The summed E-state index contributed by atoms with van der Waals surface area (Å²) in [6.07, 6.45) is 0. The maximum atomic E-state index is 12.1. The molecule has 0 aliphatic carbocycles. The van der Waals surface area contributed by atoms with Crippen molar-refractivity contribution in [3.05, 3.63) is 59.1 Å². The van der Waals surface area contributed by atoms with Gasteiger partial charge in [0.2, 0.25) is 5.91 Å². The van der Waals surface area contributed by atoms with Crippen molar-refractivity contribution >= 4 is 34.8 Å². The van der Waals surface area contributed by atoms with Crippen LogP contribution in [0.25, 0.3) is 0 Å². The predicted octanol–water partition coefficient (Wildman–Crippen LogP) is 3.55. The second-order valence-corrected chi connectivity index (χ2v) is 4.60. The Kier molecular flexibility index (Phi) is 4.38. The maximum Gasteiger partial charge on any atom is 0.257 e. The first kappa shape index (κ1) is 14.1. The van der Waals surface area contributed by atoms with Gasteiger partial charge in [0, 0.05) is 18.3 Å². The van der Waals surface area contributed by atoms with Gasteiger partial charge < -0.3 is 10.6 Å². The van der Waals surface area contributed by atoms with Crippen molar-refractivity contribution in [1.29, 1.82) is 0 Å². The van der Waals surface area contributed by atoms with Gasteiger partial charge in [0.25, 0.3) is 5.91 Å². The second-order valence-electron chi connectivity index (χ2n) is 4.20. The Morgan fingerprint density at radius 3 is 2.25 bits per heavy atom. The molecule has 2 amide bonds. The zero-order chi connectivity index (χ0) is 14.5. The molecule has 0 atom stereocenters. The minimum atomic E-state index is -0.296. The highest BCUT2D eigenvalue weighted by Crippen LogP contribution is 2.19. The molecule has 0 spiro atoms. The molecule has 0 saturated carbocycles. The Hall–Kier alpha value is -2.33. The van der Waals surface area contributed by atoms with Crippen LogP contribution in [0.15, 0.2) is 48.5 Å². The fourth-order valence-corrected chi connectivity index (χ4v) is 1.94. The van der Waals surface area contributed by atoms with Gasteiger partial charge in [-0.3, -0.25) is 9.59 Å². The predicted molar refractivity (Wildman–Crippen MR) is 80.2 cm³/mol. The number of nitrogens with one attached hydrogen (secondary N) is 2. The lowest BCUT2D eigenvalue weighted by molar-refractivity contribution is -0.114. The van der Waals surface area contributed by atoms with Crippen LogP contribution in [-0.2, 0) is 4.79 Å². The number of benzene rings is 2. The van der Waals surface area contributed by atoms with Gasteiger partial charge in [-0.2, -0.15) is 0 Å². The van der Waals surface area contributed by atoms with Crippen molar-refractivity contribution in [2.45, 2.75) is 6.92 Å². The number of amides is 2. The van der Waals surface area contributed by atoms with E-state index < -0.39 is 0 Å². The first-order valence-electron chi connectivity index (χ1n) is 6.00. The number of halogens is 1. The van der Waals surface area contributed by atoms with E-state index in [0.717, 1.165) is 0 Å². The molecular weight excluding hydrogens is 276 g/mol. The van der Waals surface area contributed by atoms with Gasteiger partial charge >= 0.3 is 0 Å². The zero-order valence-corrected chi connectivity index (χ0v) is 11.6. The summed E-state index contributed by atoms with van der Waals surface area (Å²) >= 11 is 5.97. The standard InChI is InChI=1S/C15H13ClN2O2/c1-10(19)17-11-5-4-6-12(9-11)18-15(20)13-7-2-3-8-14(13)16/h2-9H,1H3,(H,17,19)(H,18,20). The summed E-state index contributed by atoms with van der Waals surface area (Å²) in [6, 6.07) is 13.7. The largest absolute Gasteiger partial charge is 0.326 e. The molecule has 2 N–H and O–H groups in total. The molecule has 102 valence electrons. The van der Waals surface area contributed by atoms with E-state index in [1.165, 1.54) is 6.92 Å². The summed E-state index contributed by atoms with van der Waals surface area (Å²) in [4.78, 5) is 23.1. The molecule has 5 heteroatoms. The molecule has 2 rings (SSSR count). The quantitative estimate of drug-likeness (QED) is 0.907. The van der Waals surface area contributed by atoms with Crippen LogP contribution in [0.2, 0.25) is 5.02 Å². The van der Waals surface area contributed by atoms with Crippen LogP contribution in [0, 0.1) is 0 Å². The summed E-state index contributed by atoms with van der Waals surface area (Å²) in [6.45, 7) is 1.43. The molecule has 20 heavy (non-hydrogen) atoms. The highest BCUT2D eigenvalue weighted by molar-refractivity contribution is 6.34. The van der Waals surface area contributed by atoms with E-state index in [1.54, 1.807) is 48.5 Å². The topological polar surface area (TPSA) is 58.2 Å². The molecule has 2 aromatic rings. The fraction of sp³-hybridized carbons (Fsp3) is 0.0667. The Labute approximate surface area is 121 Å². The van der Waals surface area contributed by atoms with Crippen LogP contribution in [0.4, 0.5) is 11.4 Å². The molecule has 2 aromatic carbocycles. The van der Waals surface area contributed by atoms with Crippen molar-refractivity contribution in [3.63, 3.8) is 0 Å². The number of anilines is 2. The Morgan fingerprint density at radius 2 is 1.60 bits per heavy atom. The number of carbonyl (C=O) groups excluding carboxylic acids is 2. The molecule has 0 unspecified atom stereocenters. The van der Waals surface area contributed by atoms with E-state index in [4.69, 9.17) is 11.6 Å². The number of hydrogen-bond donors (Lipinski definition) is 2. The number of carbonyl (C=O) groups is 2. The number of rotatable bonds is 3. The highest BCUT2D eigenvalue weighted by atomic mass is 35.5. The monoisotopic (exact) mass is 288 g/mol. The lowest BCUT2D eigenvalue weighted by atomic mass is 10.2. The van der Waals surface area contributed by atoms with Crippen LogP contribution in [0.5, 0.6) is 0 Å². The Bertz CT molecular complexity index is 656. The van der Waals surface area contributed by atoms with Gasteiger partial charge in [-0.15, -0.1) is 0 Å². The smallest absolute Gasteiger partial charge is 0.257 e. The van der Waals surface area contributed by atoms with E-state index >= 15 is 0 Å². The van der Waals surface area contributed by atoms with Crippen LogP contribution in [0.1, 0.15) is 17.3 Å². The average Bonchev–Trinajstić information content (AvgIpc) is 2.38. The first-order valence-corrected chi connectivity index (χ1v) is 6.37. The van der Waals surface area contributed by atoms with Gasteiger partial charge in [0.1, 0.15) is 0 Å². The lowest BCUT2D eigenvalue weighted by Gasteiger charge is -2.08. The molecule has 4 nitrogen and oxygen atoms in total. The van der Waals surface area contributed by atoms with Crippen molar-refractivity contribution in [3.8, 4) is 0 Å². The fourth-order valence-electron chi connectivity index (χ4n) is 1.72. The maximum absolute atomic E-state index is 12.1. The minimum Gasteiger partial charge on any atom is -0.326 e. The van der Waals surface area contributed by atoms with Crippen LogP contribution in [-0.4, -0.2) is 11.8 Å². The van der Waals surface area contributed by atoms with E-state index in [2.05, 4.69) is 10.6 Å². The van der Waals surface area contributed by atoms with Crippen molar-refractivity contribution in [2.24, 2.45) is 0 Å². The Balaban J connectivity index is 2.16. The van der Waals surface area contributed by atoms with Crippen LogP contribution in [0.3, 0.4) is 0 Å². The van der Waals surface area contributed by atoms with Crippen LogP contribution < -0.4 is 10.6 Å². The highest BCUT2D eigenvalue weighted by Gasteiger charge is 2.09. The Morgan fingerprint density at radius 1 is 0.950 bits per heavy atom. The lowest BCUT2D eigenvalue weighted by Crippen LogP contribution is -2.13. The SMILES string of the molecule is CC(=O)Nc1cccc(NC(=O)c2ccccc2Cl)c1. The zero-order valence-electron chi connectivity index (χ0n) is 10.8. The third kappa shape index (κ3) is 3.59. The average molecular weight is 289 g/mol. The van der Waals surface area contributed by atoms with Crippen molar-refractivity contribution in [2.75, 3.05) is 10.6 Å². The first-order chi connectivity index (χ1) is 9.56. The van der Waals surface area contributed by atoms with E-state index in [-0.39, 0.29) is 11.8 Å². The second kappa shape index (κ2) is 6.21. The third-order valence-corrected chi connectivity index (χ3v) is 2.89. The van der Waals surface area contributed by atoms with Gasteiger partial charge in [0.15, 0.2) is 0 Å². The molecule has 0 fully saturated rings. The van der Waals surface area contributed by atoms with Gasteiger partial charge in [0.05, 0.1) is 10.6 Å². The third-order valence-electron chi connectivity index (χ3n) is 2.56. The van der Waals surface area contributed by atoms with E-state index in [9.17, 15) is 9.59 Å². The molecular formula is C15H13ClN2O2.